The maximum absolute atomic E-state index is 5.87. The topological polar surface area (TPSA) is 35.0 Å². The molecule has 0 fully saturated rings. The Morgan fingerprint density at radius 1 is 0.800 bits per heavy atom. The fourth-order valence-electron chi connectivity index (χ4n) is 3.76. The van der Waals surface area contributed by atoms with Crippen LogP contribution in [-0.2, 0) is 6.42 Å². The SMILES string of the molecule is CCCCCCCCOc1ccc(-c2ncc(CC(C)CCCC(C)C)cn2)cc1. The van der Waals surface area contributed by atoms with Gasteiger partial charge in [0, 0.05) is 18.0 Å². The van der Waals surface area contributed by atoms with Crippen molar-refractivity contribution in [1.82, 2.24) is 9.97 Å². The van der Waals surface area contributed by atoms with Gasteiger partial charge in [-0.2, -0.15) is 0 Å². The summed E-state index contributed by atoms with van der Waals surface area (Å²) < 4.78 is 5.87. The lowest BCUT2D eigenvalue weighted by Crippen LogP contribution is -2.02. The van der Waals surface area contributed by atoms with Crippen molar-refractivity contribution in [2.45, 2.75) is 91.9 Å². The Bertz CT molecular complexity index is 679. The van der Waals surface area contributed by atoms with Gasteiger partial charge in [-0.15, -0.1) is 0 Å². The van der Waals surface area contributed by atoms with Crippen LogP contribution < -0.4 is 4.74 Å². The van der Waals surface area contributed by atoms with Crippen molar-refractivity contribution in [3.05, 3.63) is 42.2 Å². The van der Waals surface area contributed by atoms with E-state index in [1.54, 1.807) is 0 Å². The Kier molecular flexibility index (Phi) is 11.5. The van der Waals surface area contributed by atoms with Crippen molar-refractivity contribution in [2.24, 2.45) is 11.8 Å². The van der Waals surface area contributed by atoms with Gasteiger partial charge in [-0.25, -0.2) is 9.97 Å². The van der Waals surface area contributed by atoms with Crippen LogP contribution in [0.2, 0.25) is 0 Å². The third kappa shape index (κ3) is 9.73. The average Bonchev–Trinajstić information content (AvgIpc) is 2.74. The van der Waals surface area contributed by atoms with E-state index >= 15 is 0 Å². The van der Waals surface area contributed by atoms with Crippen LogP contribution in [0, 0.1) is 11.8 Å². The quantitative estimate of drug-likeness (QED) is 0.280. The summed E-state index contributed by atoms with van der Waals surface area (Å²) >= 11 is 0. The lowest BCUT2D eigenvalue weighted by atomic mass is 9.95. The Morgan fingerprint density at radius 3 is 2.13 bits per heavy atom. The normalized spacial score (nSPS) is 12.3. The minimum atomic E-state index is 0.682. The molecule has 0 spiro atoms. The summed E-state index contributed by atoms with van der Waals surface area (Å²) in [6.45, 7) is 9.98. The minimum Gasteiger partial charge on any atom is -0.494 e. The molecule has 1 aromatic heterocycles. The summed E-state index contributed by atoms with van der Waals surface area (Å²) in [6.07, 6.45) is 16.7. The van der Waals surface area contributed by atoms with Gasteiger partial charge in [-0.3, -0.25) is 0 Å². The van der Waals surface area contributed by atoms with Crippen LogP contribution in [0.1, 0.15) is 91.0 Å². The van der Waals surface area contributed by atoms with Gasteiger partial charge in [0.05, 0.1) is 6.61 Å². The monoisotopic (exact) mass is 410 g/mol. The molecule has 3 nitrogen and oxygen atoms in total. The lowest BCUT2D eigenvalue weighted by molar-refractivity contribution is 0.304. The van der Waals surface area contributed by atoms with Crippen molar-refractivity contribution in [2.75, 3.05) is 6.61 Å². The highest BCUT2D eigenvalue weighted by atomic mass is 16.5. The second kappa shape index (κ2) is 14.2. The van der Waals surface area contributed by atoms with Crippen molar-refractivity contribution < 1.29 is 4.74 Å². The molecular formula is C27H42N2O. The minimum absolute atomic E-state index is 0.682. The van der Waals surface area contributed by atoms with E-state index in [4.69, 9.17) is 4.74 Å². The first-order chi connectivity index (χ1) is 14.6. The molecule has 1 atom stereocenters. The second-order valence-electron chi connectivity index (χ2n) is 9.19. The maximum atomic E-state index is 5.87. The Hall–Kier alpha value is -1.90. The molecule has 2 rings (SSSR count). The van der Waals surface area contributed by atoms with Crippen LogP contribution in [0.15, 0.2) is 36.7 Å². The highest BCUT2D eigenvalue weighted by Crippen LogP contribution is 2.21. The molecule has 1 unspecified atom stereocenters. The summed E-state index contributed by atoms with van der Waals surface area (Å²) in [5, 5.41) is 0. The zero-order valence-corrected chi connectivity index (χ0v) is 19.7. The Labute approximate surface area is 184 Å². The lowest BCUT2D eigenvalue weighted by Gasteiger charge is -2.12. The first kappa shape index (κ1) is 24.4. The van der Waals surface area contributed by atoms with E-state index in [0.717, 1.165) is 42.5 Å². The van der Waals surface area contributed by atoms with Crippen LogP contribution in [-0.4, -0.2) is 16.6 Å². The summed E-state index contributed by atoms with van der Waals surface area (Å²) in [5.74, 6) is 3.20. The molecule has 3 heteroatoms. The van der Waals surface area contributed by atoms with E-state index < -0.39 is 0 Å². The van der Waals surface area contributed by atoms with Crippen LogP contribution in [0.5, 0.6) is 5.75 Å². The fraction of sp³-hybridized carbons (Fsp3) is 0.630. The molecule has 166 valence electrons. The van der Waals surface area contributed by atoms with E-state index in [2.05, 4.69) is 49.8 Å². The molecule has 0 saturated heterocycles. The molecule has 0 aliphatic heterocycles. The first-order valence-electron chi connectivity index (χ1n) is 12.1. The number of aromatic nitrogens is 2. The number of benzene rings is 1. The predicted molar refractivity (Wildman–Crippen MR) is 128 cm³/mol. The largest absolute Gasteiger partial charge is 0.494 e. The zero-order chi connectivity index (χ0) is 21.6. The van der Waals surface area contributed by atoms with E-state index in [-0.39, 0.29) is 0 Å². The van der Waals surface area contributed by atoms with E-state index in [1.807, 2.05) is 24.5 Å². The number of hydrogen-bond donors (Lipinski definition) is 0. The molecule has 1 heterocycles. The highest BCUT2D eigenvalue weighted by molar-refractivity contribution is 5.55. The molecule has 0 radical (unpaired) electrons. The number of nitrogens with zero attached hydrogens (tertiary/aromatic N) is 2. The summed E-state index contributed by atoms with van der Waals surface area (Å²) in [6, 6.07) is 8.17. The van der Waals surface area contributed by atoms with Crippen LogP contribution >= 0.6 is 0 Å². The smallest absolute Gasteiger partial charge is 0.159 e. The van der Waals surface area contributed by atoms with Gasteiger partial charge < -0.3 is 4.74 Å². The van der Waals surface area contributed by atoms with E-state index in [9.17, 15) is 0 Å². The first-order valence-corrected chi connectivity index (χ1v) is 12.1. The van der Waals surface area contributed by atoms with E-state index in [1.165, 1.54) is 56.9 Å². The highest BCUT2D eigenvalue weighted by Gasteiger charge is 2.07. The molecule has 0 aliphatic rings. The number of rotatable bonds is 15. The summed E-state index contributed by atoms with van der Waals surface area (Å²) in [5.41, 5.74) is 2.27. The van der Waals surface area contributed by atoms with Crippen molar-refractivity contribution in [3.63, 3.8) is 0 Å². The van der Waals surface area contributed by atoms with Crippen molar-refractivity contribution in [1.29, 1.82) is 0 Å². The summed E-state index contributed by atoms with van der Waals surface area (Å²) in [7, 11) is 0. The predicted octanol–water partition coefficient (Wildman–Crippen LogP) is 7.89. The van der Waals surface area contributed by atoms with Gasteiger partial charge >= 0.3 is 0 Å². The standard InChI is InChI=1S/C27H42N2O/c1-5-6-7-8-9-10-18-30-26-16-14-25(15-17-26)27-28-20-24(21-29-27)19-23(4)13-11-12-22(2)3/h14-17,20-23H,5-13,18-19H2,1-4H3. The number of unbranched alkanes of at least 4 members (excludes halogenated alkanes) is 5. The van der Waals surface area contributed by atoms with Crippen molar-refractivity contribution >= 4 is 0 Å². The summed E-state index contributed by atoms with van der Waals surface area (Å²) in [4.78, 5) is 9.20. The van der Waals surface area contributed by atoms with Gasteiger partial charge in [-0.05, 0) is 54.5 Å². The molecule has 0 aliphatic carbocycles. The van der Waals surface area contributed by atoms with E-state index in [0.29, 0.717) is 5.92 Å². The molecule has 2 aromatic rings. The Balaban J connectivity index is 1.74. The third-order valence-corrected chi connectivity index (χ3v) is 5.65. The van der Waals surface area contributed by atoms with Gasteiger partial charge in [0.2, 0.25) is 0 Å². The van der Waals surface area contributed by atoms with Gasteiger partial charge in [0.15, 0.2) is 5.82 Å². The van der Waals surface area contributed by atoms with Crippen LogP contribution in [0.4, 0.5) is 0 Å². The van der Waals surface area contributed by atoms with Crippen molar-refractivity contribution in [3.8, 4) is 17.1 Å². The maximum Gasteiger partial charge on any atom is 0.159 e. The third-order valence-electron chi connectivity index (χ3n) is 5.65. The molecule has 0 amide bonds. The van der Waals surface area contributed by atoms with Gasteiger partial charge in [0.25, 0.3) is 0 Å². The average molecular weight is 411 g/mol. The zero-order valence-electron chi connectivity index (χ0n) is 19.7. The molecule has 30 heavy (non-hydrogen) atoms. The fourth-order valence-corrected chi connectivity index (χ4v) is 3.76. The van der Waals surface area contributed by atoms with Crippen LogP contribution in [0.3, 0.4) is 0 Å². The van der Waals surface area contributed by atoms with Gasteiger partial charge in [-0.1, -0.05) is 79.1 Å². The molecule has 0 bridgehead atoms. The number of ether oxygens (including phenoxy) is 1. The Morgan fingerprint density at radius 2 is 1.47 bits per heavy atom. The molecular weight excluding hydrogens is 368 g/mol. The van der Waals surface area contributed by atoms with Crippen LogP contribution in [0.25, 0.3) is 11.4 Å². The van der Waals surface area contributed by atoms with Gasteiger partial charge in [0.1, 0.15) is 5.75 Å². The molecule has 1 aromatic carbocycles. The molecule has 0 N–H and O–H groups in total. The molecule has 0 saturated carbocycles. The second-order valence-corrected chi connectivity index (χ2v) is 9.19. The number of hydrogen-bond acceptors (Lipinski definition) is 3.